The van der Waals surface area contributed by atoms with Crippen molar-refractivity contribution < 1.29 is 27.5 Å². The Kier molecular flexibility index (Phi) is 5.70. The van der Waals surface area contributed by atoms with Crippen LogP contribution in [0.2, 0.25) is 0 Å². The molecule has 5 nitrogen and oxygen atoms in total. The summed E-state index contributed by atoms with van der Waals surface area (Å²) in [6.07, 6.45) is -2.65. The van der Waals surface area contributed by atoms with Crippen LogP contribution in [-0.2, 0) is 15.9 Å². The van der Waals surface area contributed by atoms with Gasteiger partial charge in [-0.05, 0) is 13.8 Å². The Morgan fingerprint density at radius 3 is 2.67 bits per heavy atom. The number of hydrogen-bond acceptors (Lipinski definition) is 5. The van der Waals surface area contributed by atoms with Crippen LogP contribution in [0.4, 0.5) is 8.78 Å². The van der Waals surface area contributed by atoms with E-state index in [0.29, 0.717) is 13.2 Å². The summed E-state index contributed by atoms with van der Waals surface area (Å²) < 4.78 is 40.0. The van der Waals surface area contributed by atoms with Crippen LogP contribution in [-0.4, -0.2) is 30.8 Å². The Hall–Kier alpha value is -1.50. The minimum Gasteiger partial charge on any atom is -0.460 e. The van der Waals surface area contributed by atoms with Crippen molar-refractivity contribution in [3.05, 3.63) is 17.3 Å². The lowest BCUT2D eigenvalue weighted by Crippen LogP contribution is -2.06. The quantitative estimate of drug-likeness (QED) is 0.558. The molecule has 102 valence electrons. The molecule has 0 aliphatic carbocycles. The first kappa shape index (κ1) is 14.6. The zero-order valence-electron chi connectivity index (χ0n) is 10.2. The van der Waals surface area contributed by atoms with Crippen molar-refractivity contribution in [3.63, 3.8) is 0 Å². The second-order valence-electron chi connectivity index (χ2n) is 3.29. The third-order valence-corrected chi connectivity index (χ3v) is 2.03. The number of nitrogens with zero attached hydrogens (tertiary/aromatic N) is 1. The smallest absolute Gasteiger partial charge is 0.376 e. The van der Waals surface area contributed by atoms with E-state index in [1.54, 1.807) is 6.92 Å². The largest absolute Gasteiger partial charge is 0.460 e. The van der Waals surface area contributed by atoms with Gasteiger partial charge in [-0.3, -0.25) is 0 Å². The molecule has 0 aromatic carbocycles. The number of aromatic nitrogens is 1. The molecule has 18 heavy (non-hydrogen) atoms. The summed E-state index contributed by atoms with van der Waals surface area (Å²) in [4.78, 5) is 15.0. The number of halogens is 2. The maximum absolute atomic E-state index is 12.7. The molecule has 0 bridgehead atoms. The van der Waals surface area contributed by atoms with Crippen LogP contribution in [0.1, 0.15) is 42.4 Å². The van der Waals surface area contributed by atoms with Gasteiger partial charge in [0.05, 0.1) is 13.2 Å². The van der Waals surface area contributed by atoms with E-state index in [9.17, 15) is 13.6 Å². The minimum atomic E-state index is -2.88. The average molecular weight is 263 g/mol. The Balaban J connectivity index is 2.83. The Labute approximate surface area is 103 Å². The van der Waals surface area contributed by atoms with Gasteiger partial charge in [0.1, 0.15) is 0 Å². The summed E-state index contributed by atoms with van der Waals surface area (Å²) in [7, 11) is 0. The Morgan fingerprint density at radius 2 is 2.11 bits per heavy atom. The molecular weight excluding hydrogens is 248 g/mol. The van der Waals surface area contributed by atoms with Gasteiger partial charge in [-0.2, -0.15) is 0 Å². The average Bonchev–Trinajstić information content (AvgIpc) is 2.74. The van der Waals surface area contributed by atoms with Crippen molar-refractivity contribution in [1.29, 1.82) is 0 Å². The van der Waals surface area contributed by atoms with Gasteiger partial charge in [0.25, 0.3) is 6.43 Å². The number of carbonyl (C=O) groups is 1. The summed E-state index contributed by atoms with van der Waals surface area (Å²) in [5, 5.41) is 0. The molecule has 0 aliphatic heterocycles. The highest BCUT2D eigenvalue weighted by Gasteiger charge is 2.27. The molecular formula is C11H15F2NO4. The fourth-order valence-corrected chi connectivity index (χ4v) is 1.28. The highest BCUT2D eigenvalue weighted by molar-refractivity contribution is 5.87. The van der Waals surface area contributed by atoms with Gasteiger partial charge in [-0.1, -0.05) is 0 Å². The van der Waals surface area contributed by atoms with Gasteiger partial charge in [-0.15, -0.1) is 0 Å². The molecule has 0 radical (unpaired) electrons. The fraction of sp³-hybridized carbons (Fsp3) is 0.636. The standard InChI is InChI=1S/C11H15F2NO4/c1-3-16-6-5-7-14-8(10(12)13)9(18-7)11(15)17-4-2/h10H,3-6H2,1-2H3. The molecule has 0 amide bonds. The van der Waals surface area contributed by atoms with Crippen molar-refractivity contribution in [3.8, 4) is 0 Å². The lowest BCUT2D eigenvalue weighted by atomic mass is 10.3. The van der Waals surface area contributed by atoms with E-state index in [1.165, 1.54) is 0 Å². The summed E-state index contributed by atoms with van der Waals surface area (Å²) in [6.45, 7) is 4.27. The zero-order chi connectivity index (χ0) is 13.5. The van der Waals surface area contributed by atoms with Crippen LogP contribution in [0, 0.1) is 0 Å². The monoisotopic (exact) mass is 263 g/mol. The number of rotatable bonds is 7. The molecule has 0 saturated carbocycles. The first-order chi connectivity index (χ1) is 8.60. The van der Waals surface area contributed by atoms with Gasteiger partial charge in [0, 0.05) is 13.0 Å². The fourth-order valence-electron chi connectivity index (χ4n) is 1.28. The molecule has 1 rings (SSSR count). The summed E-state index contributed by atoms with van der Waals surface area (Å²) in [6, 6.07) is 0. The third kappa shape index (κ3) is 3.76. The van der Waals surface area contributed by atoms with Crippen LogP contribution >= 0.6 is 0 Å². The predicted octanol–water partition coefficient (Wildman–Crippen LogP) is 2.37. The van der Waals surface area contributed by atoms with E-state index >= 15 is 0 Å². The molecule has 0 spiro atoms. The van der Waals surface area contributed by atoms with Crippen molar-refractivity contribution in [2.24, 2.45) is 0 Å². The lowest BCUT2D eigenvalue weighted by molar-refractivity contribution is 0.0472. The number of ether oxygens (including phenoxy) is 2. The van der Waals surface area contributed by atoms with Crippen LogP contribution in [0.25, 0.3) is 0 Å². The van der Waals surface area contributed by atoms with Gasteiger partial charge < -0.3 is 13.9 Å². The predicted molar refractivity (Wildman–Crippen MR) is 57.6 cm³/mol. The molecule has 0 atom stereocenters. The van der Waals surface area contributed by atoms with Crippen molar-refractivity contribution >= 4 is 5.97 Å². The van der Waals surface area contributed by atoms with Gasteiger partial charge >= 0.3 is 5.97 Å². The topological polar surface area (TPSA) is 61.6 Å². The van der Waals surface area contributed by atoms with Crippen molar-refractivity contribution in [2.75, 3.05) is 19.8 Å². The SMILES string of the molecule is CCOCCc1nc(C(F)F)c(C(=O)OCC)o1. The molecule has 1 aromatic rings. The maximum Gasteiger partial charge on any atom is 0.376 e. The number of hydrogen-bond donors (Lipinski definition) is 0. The second-order valence-corrected chi connectivity index (χ2v) is 3.29. The van der Waals surface area contributed by atoms with Crippen LogP contribution in [0.5, 0.6) is 0 Å². The summed E-state index contributed by atoms with van der Waals surface area (Å²) in [5.74, 6) is -1.41. The summed E-state index contributed by atoms with van der Waals surface area (Å²) in [5.41, 5.74) is -0.681. The number of oxazole rings is 1. The molecule has 0 saturated heterocycles. The second kappa shape index (κ2) is 7.05. The molecule has 1 heterocycles. The van der Waals surface area contributed by atoms with E-state index in [-0.39, 0.29) is 18.9 Å². The summed E-state index contributed by atoms with van der Waals surface area (Å²) >= 11 is 0. The van der Waals surface area contributed by atoms with E-state index in [0.717, 1.165) is 0 Å². The van der Waals surface area contributed by atoms with E-state index in [4.69, 9.17) is 9.15 Å². The normalized spacial score (nSPS) is 10.9. The maximum atomic E-state index is 12.7. The van der Waals surface area contributed by atoms with Crippen LogP contribution in [0.3, 0.4) is 0 Å². The first-order valence-corrected chi connectivity index (χ1v) is 5.62. The highest BCUT2D eigenvalue weighted by atomic mass is 19.3. The van der Waals surface area contributed by atoms with Gasteiger partial charge in [0.15, 0.2) is 11.6 Å². The molecule has 1 aromatic heterocycles. The van der Waals surface area contributed by atoms with E-state index < -0.39 is 23.8 Å². The molecule has 0 fully saturated rings. The van der Waals surface area contributed by atoms with Gasteiger partial charge in [-0.25, -0.2) is 18.6 Å². The van der Waals surface area contributed by atoms with Crippen molar-refractivity contribution in [1.82, 2.24) is 4.98 Å². The Bertz CT molecular complexity index is 392. The van der Waals surface area contributed by atoms with E-state index in [2.05, 4.69) is 9.72 Å². The molecule has 0 aliphatic rings. The molecule has 7 heteroatoms. The number of carbonyl (C=O) groups excluding carboxylic acids is 1. The van der Waals surface area contributed by atoms with E-state index in [1.807, 2.05) is 6.92 Å². The van der Waals surface area contributed by atoms with Gasteiger partial charge in [0.2, 0.25) is 5.76 Å². The Morgan fingerprint density at radius 1 is 1.39 bits per heavy atom. The van der Waals surface area contributed by atoms with Crippen LogP contribution in [0.15, 0.2) is 4.42 Å². The third-order valence-electron chi connectivity index (χ3n) is 2.03. The first-order valence-electron chi connectivity index (χ1n) is 5.62. The lowest BCUT2D eigenvalue weighted by Gasteiger charge is -1.99. The molecule has 0 unspecified atom stereocenters. The molecule has 0 N–H and O–H groups in total. The number of esters is 1. The highest BCUT2D eigenvalue weighted by Crippen LogP contribution is 2.24. The van der Waals surface area contributed by atoms with Crippen LogP contribution < -0.4 is 0 Å². The minimum absolute atomic E-state index is 0.0433. The van der Waals surface area contributed by atoms with Crippen molar-refractivity contribution in [2.45, 2.75) is 26.7 Å². The number of alkyl halides is 2. The zero-order valence-corrected chi connectivity index (χ0v) is 10.2.